The van der Waals surface area contributed by atoms with Gasteiger partial charge < -0.3 is 20.5 Å². The average Bonchev–Trinajstić information content (AvgIpc) is 3.25. The maximum absolute atomic E-state index is 14.9. The summed E-state index contributed by atoms with van der Waals surface area (Å²) in [4.78, 5) is 35.1. The predicted molar refractivity (Wildman–Crippen MR) is 133 cm³/mol. The van der Waals surface area contributed by atoms with Crippen molar-refractivity contribution in [1.29, 1.82) is 0 Å². The third-order valence-electron chi connectivity index (χ3n) is 6.73. The molecule has 2 amide bonds. The summed E-state index contributed by atoms with van der Waals surface area (Å²) in [6.07, 6.45) is 5.14. The topological polar surface area (TPSA) is 117 Å². The van der Waals surface area contributed by atoms with Crippen LogP contribution in [0.25, 0.3) is 0 Å². The Morgan fingerprint density at radius 1 is 1.31 bits per heavy atom. The first-order chi connectivity index (χ1) is 17.3. The van der Waals surface area contributed by atoms with Crippen molar-refractivity contribution in [3.05, 3.63) is 60.1 Å². The number of carbonyl (C=O) groups excluding carboxylic acids is 2. The van der Waals surface area contributed by atoms with Crippen LogP contribution in [0.2, 0.25) is 0 Å². The van der Waals surface area contributed by atoms with Gasteiger partial charge in [0.1, 0.15) is 18.2 Å². The van der Waals surface area contributed by atoms with Gasteiger partial charge >= 0.3 is 6.09 Å². The van der Waals surface area contributed by atoms with E-state index in [1.165, 1.54) is 23.2 Å². The molecule has 1 saturated heterocycles. The minimum absolute atomic E-state index is 0.0927. The summed E-state index contributed by atoms with van der Waals surface area (Å²) >= 11 is 0. The molecule has 3 N–H and O–H groups in total. The number of carbonyl (C=O) groups is 2. The van der Waals surface area contributed by atoms with Crippen molar-refractivity contribution < 1.29 is 23.8 Å². The number of benzene rings is 1. The standard InChI is InChI=1S/C26H32FN5O4/c1-4-19(30-25-28-12-11-23(31-25)32-21(15(2)3)14-36-26(32)35)16-9-10-17(18(27)13-16)24(34)29-20-7-5-6-8-22(20)33/h4,9-13,15,19-22,33H,1,5-8,14H2,2-3H3,(H,29,34)(H,28,30,31). The molecule has 10 heteroatoms. The Bertz CT molecular complexity index is 1130. The lowest BCUT2D eigenvalue weighted by molar-refractivity contribution is 0.0714. The predicted octanol–water partition coefficient (Wildman–Crippen LogP) is 3.97. The molecule has 1 aliphatic carbocycles. The van der Waals surface area contributed by atoms with Crippen LogP contribution >= 0.6 is 0 Å². The molecule has 9 nitrogen and oxygen atoms in total. The highest BCUT2D eigenvalue weighted by Crippen LogP contribution is 2.27. The Balaban J connectivity index is 1.48. The molecule has 1 aromatic carbocycles. The number of cyclic esters (lactones) is 1. The molecule has 2 aromatic rings. The molecule has 1 saturated carbocycles. The molecule has 1 aliphatic heterocycles. The lowest BCUT2D eigenvalue weighted by Crippen LogP contribution is -2.45. The van der Waals surface area contributed by atoms with Gasteiger partial charge in [0.05, 0.1) is 29.8 Å². The van der Waals surface area contributed by atoms with Gasteiger partial charge in [-0.05, 0) is 42.5 Å². The van der Waals surface area contributed by atoms with Gasteiger partial charge in [0.25, 0.3) is 5.91 Å². The van der Waals surface area contributed by atoms with Gasteiger partial charge in [-0.2, -0.15) is 4.98 Å². The van der Waals surface area contributed by atoms with Crippen molar-refractivity contribution in [2.75, 3.05) is 16.8 Å². The molecule has 192 valence electrons. The molecule has 0 bridgehead atoms. The summed E-state index contributed by atoms with van der Waals surface area (Å²) in [5, 5.41) is 15.9. The van der Waals surface area contributed by atoms with E-state index in [-0.39, 0.29) is 36.1 Å². The van der Waals surface area contributed by atoms with Gasteiger partial charge in [-0.25, -0.2) is 14.2 Å². The number of anilines is 2. The van der Waals surface area contributed by atoms with Crippen LogP contribution < -0.4 is 15.5 Å². The molecule has 4 unspecified atom stereocenters. The van der Waals surface area contributed by atoms with Crippen LogP contribution in [0.15, 0.2) is 43.1 Å². The summed E-state index contributed by atoms with van der Waals surface area (Å²) in [5.74, 6) is -0.434. The second-order valence-electron chi connectivity index (χ2n) is 9.53. The normalized spacial score (nSPS) is 22.8. The molecule has 0 radical (unpaired) electrons. The first-order valence-electron chi connectivity index (χ1n) is 12.2. The summed E-state index contributed by atoms with van der Waals surface area (Å²) in [7, 11) is 0. The Kier molecular flexibility index (Phi) is 7.83. The smallest absolute Gasteiger partial charge is 0.415 e. The largest absolute Gasteiger partial charge is 0.447 e. The number of ether oxygens (including phenoxy) is 1. The van der Waals surface area contributed by atoms with E-state index in [1.54, 1.807) is 18.2 Å². The van der Waals surface area contributed by atoms with E-state index < -0.39 is 30.0 Å². The van der Waals surface area contributed by atoms with Crippen LogP contribution in [-0.4, -0.2) is 51.9 Å². The third kappa shape index (κ3) is 5.48. The van der Waals surface area contributed by atoms with Crippen LogP contribution in [0.5, 0.6) is 0 Å². The van der Waals surface area contributed by atoms with Gasteiger partial charge in [0.2, 0.25) is 5.95 Å². The first-order valence-corrected chi connectivity index (χ1v) is 12.2. The number of rotatable bonds is 8. The highest BCUT2D eigenvalue weighted by Gasteiger charge is 2.37. The van der Waals surface area contributed by atoms with Gasteiger partial charge in [-0.15, -0.1) is 6.58 Å². The van der Waals surface area contributed by atoms with E-state index >= 15 is 0 Å². The fourth-order valence-electron chi connectivity index (χ4n) is 4.60. The lowest BCUT2D eigenvalue weighted by atomic mass is 9.92. The van der Waals surface area contributed by atoms with Gasteiger partial charge in [-0.1, -0.05) is 38.8 Å². The molecule has 2 fully saturated rings. The molecular formula is C26H32FN5O4. The van der Waals surface area contributed by atoms with Gasteiger partial charge in [0.15, 0.2) is 0 Å². The molecule has 2 heterocycles. The monoisotopic (exact) mass is 497 g/mol. The maximum Gasteiger partial charge on any atom is 0.415 e. The molecule has 4 atom stereocenters. The van der Waals surface area contributed by atoms with Crippen molar-refractivity contribution >= 4 is 23.8 Å². The number of hydrogen-bond donors (Lipinski definition) is 3. The van der Waals surface area contributed by atoms with Crippen LogP contribution in [0, 0.1) is 11.7 Å². The van der Waals surface area contributed by atoms with Crippen molar-refractivity contribution in [3.8, 4) is 0 Å². The maximum atomic E-state index is 14.9. The number of halogens is 1. The van der Waals surface area contributed by atoms with Gasteiger partial charge in [0, 0.05) is 6.20 Å². The molecule has 4 rings (SSSR count). The number of aliphatic hydroxyl groups is 1. The second-order valence-corrected chi connectivity index (χ2v) is 9.53. The fourth-order valence-corrected chi connectivity index (χ4v) is 4.60. The van der Waals surface area contributed by atoms with E-state index in [4.69, 9.17) is 4.74 Å². The Morgan fingerprint density at radius 2 is 2.08 bits per heavy atom. The average molecular weight is 498 g/mol. The fraction of sp³-hybridized carbons (Fsp3) is 0.462. The van der Waals surface area contributed by atoms with Crippen LogP contribution in [0.3, 0.4) is 0 Å². The minimum atomic E-state index is -0.682. The van der Waals surface area contributed by atoms with E-state index in [1.807, 2.05) is 13.8 Å². The molecule has 36 heavy (non-hydrogen) atoms. The zero-order valence-corrected chi connectivity index (χ0v) is 20.5. The molecule has 2 aliphatic rings. The SMILES string of the molecule is C=CC(Nc1nccc(N2C(=O)OCC2C(C)C)n1)c1ccc(C(=O)NC2CCCCC2O)c(F)c1. The van der Waals surface area contributed by atoms with Crippen LogP contribution in [0.1, 0.15) is 61.5 Å². The summed E-state index contributed by atoms with van der Waals surface area (Å²) < 4.78 is 20.1. The van der Waals surface area contributed by atoms with Gasteiger partial charge in [-0.3, -0.25) is 9.69 Å². The van der Waals surface area contributed by atoms with Crippen LogP contribution in [-0.2, 0) is 4.74 Å². The van der Waals surface area contributed by atoms with Crippen molar-refractivity contribution in [3.63, 3.8) is 0 Å². The zero-order valence-electron chi connectivity index (χ0n) is 20.5. The minimum Gasteiger partial charge on any atom is -0.447 e. The number of amides is 2. The van der Waals surface area contributed by atoms with Crippen molar-refractivity contribution in [2.24, 2.45) is 5.92 Å². The van der Waals surface area contributed by atoms with E-state index in [9.17, 15) is 19.1 Å². The first kappa shape index (κ1) is 25.6. The Hall–Kier alpha value is -3.53. The van der Waals surface area contributed by atoms with E-state index in [0.717, 1.165) is 12.8 Å². The second kappa shape index (κ2) is 11.0. The van der Waals surface area contributed by atoms with Crippen molar-refractivity contribution in [2.45, 2.75) is 63.8 Å². The van der Waals surface area contributed by atoms with Crippen molar-refractivity contribution in [1.82, 2.24) is 15.3 Å². The quantitative estimate of drug-likeness (QED) is 0.473. The zero-order chi connectivity index (χ0) is 25.8. The number of nitrogens with one attached hydrogen (secondary N) is 2. The Morgan fingerprint density at radius 3 is 2.78 bits per heavy atom. The molecule has 0 spiro atoms. The highest BCUT2D eigenvalue weighted by molar-refractivity contribution is 5.94. The highest BCUT2D eigenvalue weighted by atomic mass is 19.1. The molecular weight excluding hydrogens is 465 g/mol. The number of aromatic nitrogens is 2. The lowest BCUT2D eigenvalue weighted by Gasteiger charge is -2.28. The third-order valence-corrected chi connectivity index (χ3v) is 6.73. The van der Waals surface area contributed by atoms with E-state index in [0.29, 0.717) is 24.2 Å². The number of nitrogens with zero attached hydrogens (tertiary/aromatic N) is 3. The Labute approximate surface area is 209 Å². The van der Waals surface area contributed by atoms with E-state index in [2.05, 4.69) is 27.2 Å². The molecule has 1 aromatic heterocycles. The summed E-state index contributed by atoms with van der Waals surface area (Å²) in [6, 6.07) is 4.87. The van der Waals surface area contributed by atoms with Crippen LogP contribution in [0.4, 0.5) is 21.0 Å². The summed E-state index contributed by atoms with van der Waals surface area (Å²) in [6.45, 7) is 8.12. The number of aliphatic hydroxyl groups excluding tert-OH is 1. The number of hydrogen-bond acceptors (Lipinski definition) is 7. The summed E-state index contributed by atoms with van der Waals surface area (Å²) in [5.41, 5.74) is 0.427.